The van der Waals surface area contributed by atoms with Crippen molar-refractivity contribution in [3.8, 4) is 0 Å². The van der Waals surface area contributed by atoms with Crippen molar-refractivity contribution in [1.29, 1.82) is 0 Å². The van der Waals surface area contributed by atoms with Gasteiger partial charge in [-0.1, -0.05) is 18.2 Å². The van der Waals surface area contributed by atoms with Crippen LogP contribution in [0, 0.1) is 0 Å². The molecule has 0 aliphatic heterocycles. The zero-order chi connectivity index (χ0) is 18.8. The average Bonchev–Trinajstić information content (AvgIpc) is 3.31. The Morgan fingerprint density at radius 2 is 1.93 bits per heavy atom. The van der Waals surface area contributed by atoms with Gasteiger partial charge in [0.05, 0.1) is 18.3 Å². The molecule has 1 atom stereocenters. The van der Waals surface area contributed by atoms with Crippen LogP contribution in [-0.2, 0) is 4.79 Å². The summed E-state index contributed by atoms with van der Waals surface area (Å²) < 4.78 is 0. The van der Waals surface area contributed by atoms with Crippen LogP contribution in [0.2, 0.25) is 0 Å². The summed E-state index contributed by atoms with van der Waals surface area (Å²) in [5.74, 6) is -0.981. The quantitative estimate of drug-likeness (QED) is 0.371. The van der Waals surface area contributed by atoms with Gasteiger partial charge >= 0.3 is 0 Å². The van der Waals surface area contributed by atoms with E-state index in [4.69, 9.17) is 0 Å². The maximum Gasteiger partial charge on any atom is 0.268 e. The number of hydrogen-bond acceptors (Lipinski definition) is 4. The second-order valence-electron chi connectivity index (χ2n) is 6.14. The van der Waals surface area contributed by atoms with E-state index in [-0.39, 0.29) is 0 Å². The van der Waals surface area contributed by atoms with Gasteiger partial charge in [-0.05, 0) is 30.3 Å². The van der Waals surface area contributed by atoms with Crippen LogP contribution in [0.15, 0.2) is 54.7 Å². The number of anilines is 1. The minimum absolute atomic E-state index is 0.321. The van der Waals surface area contributed by atoms with Gasteiger partial charge in [-0.2, -0.15) is 5.10 Å². The number of nitrogens with zero attached hydrogens (tertiary/aromatic N) is 1. The Morgan fingerprint density at radius 3 is 2.74 bits per heavy atom. The lowest BCUT2D eigenvalue weighted by atomic mass is 10.2. The molecule has 0 saturated carbocycles. The summed E-state index contributed by atoms with van der Waals surface area (Å²) in [5, 5.41) is 23.3. The zero-order valence-corrected chi connectivity index (χ0v) is 14.2. The second-order valence-corrected chi connectivity index (χ2v) is 6.14. The lowest BCUT2D eigenvalue weighted by Crippen LogP contribution is -2.46. The number of aromatic amines is 2. The maximum absolute atomic E-state index is 12.4. The summed E-state index contributed by atoms with van der Waals surface area (Å²) in [7, 11) is 0. The molecular weight excluding hydrogens is 346 g/mol. The predicted octanol–water partition coefficient (Wildman–Crippen LogP) is 1.77. The lowest BCUT2D eigenvalue weighted by molar-refractivity contribution is -0.118. The summed E-state index contributed by atoms with van der Waals surface area (Å²) in [6.45, 7) is -0.524. The van der Waals surface area contributed by atoms with Gasteiger partial charge in [-0.15, -0.1) is 0 Å². The number of aliphatic hydroxyl groups is 1. The molecule has 0 saturated heterocycles. The number of nitrogens with one attached hydrogen (secondary N) is 4. The topological polar surface area (TPSA) is 123 Å². The van der Waals surface area contributed by atoms with Crippen LogP contribution in [0.4, 0.5) is 5.69 Å². The third-order valence-corrected chi connectivity index (χ3v) is 4.29. The molecular formula is C19H17N5O3. The van der Waals surface area contributed by atoms with Crippen molar-refractivity contribution in [1.82, 2.24) is 20.5 Å². The van der Waals surface area contributed by atoms with Gasteiger partial charge in [-0.25, -0.2) is 0 Å². The van der Waals surface area contributed by atoms with Gasteiger partial charge in [0.15, 0.2) is 0 Å². The van der Waals surface area contributed by atoms with E-state index in [0.717, 1.165) is 21.8 Å². The highest BCUT2D eigenvalue weighted by atomic mass is 16.3. The molecule has 0 aliphatic carbocycles. The second kappa shape index (κ2) is 6.93. The Morgan fingerprint density at radius 1 is 1.07 bits per heavy atom. The van der Waals surface area contributed by atoms with E-state index in [1.807, 2.05) is 30.3 Å². The van der Waals surface area contributed by atoms with Crippen molar-refractivity contribution >= 4 is 39.3 Å². The molecule has 2 amide bonds. The maximum atomic E-state index is 12.4. The van der Waals surface area contributed by atoms with Crippen molar-refractivity contribution in [2.45, 2.75) is 6.04 Å². The first-order chi connectivity index (χ1) is 13.1. The van der Waals surface area contributed by atoms with Gasteiger partial charge in [-0.3, -0.25) is 14.7 Å². The molecule has 27 heavy (non-hydrogen) atoms. The van der Waals surface area contributed by atoms with E-state index in [2.05, 4.69) is 25.8 Å². The SMILES string of the molecule is O=C(N[C@@H](CO)C(=O)Nc1ccc2cn[nH]c2c1)c1cc2ccccc2[nH]1. The number of amides is 2. The number of H-pyrrole nitrogens is 2. The van der Waals surface area contributed by atoms with Gasteiger partial charge in [0, 0.05) is 22.0 Å². The third-order valence-electron chi connectivity index (χ3n) is 4.29. The van der Waals surface area contributed by atoms with E-state index in [9.17, 15) is 14.7 Å². The summed E-state index contributed by atoms with van der Waals surface area (Å²) >= 11 is 0. The van der Waals surface area contributed by atoms with Gasteiger partial charge in [0.2, 0.25) is 5.91 Å². The van der Waals surface area contributed by atoms with Crippen LogP contribution < -0.4 is 10.6 Å². The summed E-state index contributed by atoms with van der Waals surface area (Å²) in [6.07, 6.45) is 1.68. The fourth-order valence-electron chi connectivity index (χ4n) is 2.87. The Hall–Kier alpha value is -3.65. The molecule has 4 rings (SSSR count). The van der Waals surface area contributed by atoms with Gasteiger partial charge in [0.1, 0.15) is 11.7 Å². The highest BCUT2D eigenvalue weighted by Gasteiger charge is 2.21. The van der Waals surface area contributed by atoms with E-state index in [1.165, 1.54) is 0 Å². The third kappa shape index (κ3) is 3.38. The van der Waals surface area contributed by atoms with Crippen LogP contribution >= 0.6 is 0 Å². The molecule has 136 valence electrons. The highest BCUT2D eigenvalue weighted by Crippen LogP contribution is 2.17. The average molecular weight is 363 g/mol. The van der Waals surface area contributed by atoms with Gasteiger partial charge < -0.3 is 20.7 Å². The molecule has 5 N–H and O–H groups in total. The number of para-hydroxylation sites is 1. The number of aromatic nitrogens is 3. The zero-order valence-electron chi connectivity index (χ0n) is 14.2. The van der Waals surface area contributed by atoms with Crippen LogP contribution in [0.3, 0.4) is 0 Å². The molecule has 2 aromatic carbocycles. The van der Waals surface area contributed by atoms with Crippen molar-refractivity contribution < 1.29 is 14.7 Å². The van der Waals surface area contributed by atoms with E-state index in [0.29, 0.717) is 11.4 Å². The molecule has 4 aromatic rings. The fraction of sp³-hybridized carbons (Fsp3) is 0.105. The largest absolute Gasteiger partial charge is 0.394 e. The number of carbonyl (C=O) groups excluding carboxylic acids is 2. The minimum atomic E-state index is -1.08. The first kappa shape index (κ1) is 16.8. The molecule has 2 aromatic heterocycles. The van der Waals surface area contributed by atoms with Crippen molar-refractivity contribution in [3.63, 3.8) is 0 Å². The standard InChI is InChI=1S/C19H17N5O3/c25-10-17(19(27)21-13-6-5-12-9-20-24-15(12)8-13)23-18(26)16-7-11-3-1-2-4-14(11)22-16/h1-9,17,22,25H,10H2,(H,20,24)(H,21,27)(H,23,26)/t17-/m0/s1. The number of fused-ring (bicyclic) bond motifs is 2. The van der Waals surface area contributed by atoms with Crippen molar-refractivity contribution in [2.75, 3.05) is 11.9 Å². The first-order valence-electron chi connectivity index (χ1n) is 8.37. The smallest absolute Gasteiger partial charge is 0.268 e. The fourth-order valence-corrected chi connectivity index (χ4v) is 2.87. The Labute approximate surface area is 153 Å². The number of benzene rings is 2. The number of carbonyl (C=O) groups is 2. The molecule has 0 fully saturated rings. The summed E-state index contributed by atoms with van der Waals surface area (Å²) in [5.41, 5.74) is 2.45. The van der Waals surface area contributed by atoms with Crippen molar-refractivity contribution in [2.24, 2.45) is 0 Å². The number of rotatable bonds is 5. The normalized spacial score (nSPS) is 12.2. The van der Waals surface area contributed by atoms with E-state index in [1.54, 1.807) is 24.4 Å². The van der Waals surface area contributed by atoms with Crippen LogP contribution in [0.5, 0.6) is 0 Å². The minimum Gasteiger partial charge on any atom is -0.394 e. The Kier molecular flexibility index (Phi) is 4.31. The molecule has 0 spiro atoms. The Balaban J connectivity index is 1.47. The monoisotopic (exact) mass is 363 g/mol. The van der Waals surface area contributed by atoms with Crippen LogP contribution in [0.25, 0.3) is 21.8 Å². The predicted molar refractivity (Wildman–Crippen MR) is 101 cm³/mol. The van der Waals surface area contributed by atoms with Crippen molar-refractivity contribution in [3.05, 3.63) is 60.4 Å². The number of hydrogen-bond donors (Lipinski definition) is 5. The summed E-state index contributed by atoms with van der Waals surface area (Å²) in [4.78, 5) is 27.9. The molecule has 0 radical (unpaired) electrons. The lowest BCUT2D eigenvalue weighted by Gasteiger charge is -2.15. The highest BCUT2D eigenvalue weighted by molar-refractivity contribution is 6.03. The Bertz CT molecular complexity index is 1100. The molecule has 0 unspecified atom stereocenters. The first-order valence-corrected chi connectivity index (χ1v) is 8.37. The van der Waals surface area contributed by atoms with Crippen LogP contribution in [-0.4, -0.2) is 44.8 Å². The molecule has 2 heterocycles. The van der Waals surface area contributed by atoms with E-state index < -0.39 is 24.5 Å². The van der Waals surface area contributed by atoms with E-state index >= 15 is 0 Å². The van der Waals surface area contributed by atoms with Gasteiger partial charge in [0.25, 0.3) is 5.91 Å². The number of aliphatic hydroxyl groups excluding tert-OH is 1. The van der Waals surface area contributed by atoms with Crippen LogP contribution in [0.1, 0.15) is 10.5 Å². The molecule has 0 aliphatic rings. The summed E-state index contributed by atoms with van der Waals surface area (Å²) in [6, 6.07) is 13.4. The molecule has 8 nitrogen and oxygen atoms in total. The molecule has 8 heteroatoms. The molecule has 0 bridgehead atoms.